The van der Waals surface area contributed by atoms with Gasteiger partial charge in [0.2, 0.25) is 0 Å². The number of carbonyl (C=O) groups excluding carboxylic acids is 2. The molecular weight excluding hydrogens is 1040 g/mol. The molecular formula is C54H94N2O6S3Si6. The molecule has 0 atom stereocenters. The summed E-state index contributed by atoms with van der Waals surface area (Å²) in [6.45, 7) is 42.1. The second-order valence-corrected chi connectivity index (χ2v) is 54.1. The van der Waals surface area contributed by atoms with Gasteiger partial charge in [-0.1, -0.05) is 91.9 Å². The highest BCUT2D eigenvalue weighted by Gasteiger charge is 2.49. The molecule has 0 aromatic carbocycles. The van der Waals surface area contributed by atoms with Gasteiger partial charge in [0.25, 0.3) is 11.8 Å². The number of unbranched alkanes of at least 4 members (excludes halogenated alkanes) is 10. The SMILES string of the molecule is CC(C)c1ccc(C2=C3C(=O)N(CCCCCCCC[Si](C)(O[Si](C)(C)C)O[Si](C)(C)C)C(c4ccc(-c5ccc(C(C)C)s5)s4)=C3C(=O)N2CCCCCCCC[Si](C)(O[Si](C)(C)C)O[Si](C)(C)C)s1. The zero-order valence-electron chi connectivity index (χ0n) is 47.5. The smallest absolute Gasteiger partial charge is 0.314 e. The van der Waals surface area contributed by atoms with Gasteiger partial charge in [-0.2, -0.15) is 0 Å². The summed E-state index contributed by atoms with van der Waals surface area (Å²) in [5.74, 6) is 0.784. The van der Waals surface area contributed by atoms with Gasteiger partial charge in [-0.05, 0) is 165 Å². The first-order valence-electron chi connectivity index (χ1n) is 27.1. The Morgan fingerprint density at radius 1 is 0.394 bits per heavy atom. The quantitative estimate of drug-likeness (QED) is 0.0472. The first kappa shape index (κ1) is 60.5. The maximum absolute atomic E-state index is 15.2. The average Bonchev–Trinajstić information content (AvgIpc) is 4.05. The van der Waals surface area contributed by atoms with E-state index in [0.717, 1.165) is 110 Å². The van der Waals surface area contributed by atoms with E-state index in [1.807, 2.05) is 21.1 Å². The van der Waals surface area contributed by atoms with Crippen LogP contribution in [0.3, 0.4) is 0 Å². The highest BCUT2D eigenvalue weighted by atomic mass is 32.1. The van der Waals surface area contributed by atoms with E-state index in [9.17, 15) is 0 Å². The summed E-state index contributed by atoms with van der Waals surface area (Å²) >= 11 is 5.29. The van der Waals surface area contributed by atoms with Crippen molar-refractivity contribution in [2.45, 2.75) is 220 Å². The molecule has 2 amide bonds. The van der Waals surface area contributed by atoms with Crippen molar-refractivity contribution in [2.75, 3.05) is 13.1 Å². The zero-order chi connectivity index (χ0) is 52.7. The maximum atomic E-state index is 15.2. The summed E-state index contributed by atoms with van der Waals surface area (Å²) in [7, 11) is -11.4. The van der Waals surface area contributed by atoms with Gasteiger partial charge in [-0.25, -0.2) is 0 Å². The summed E-state index contributed by atoms with van der Waals surface area (Å²) in [6, 6.07) is 15.3. The molecule has 2 aliphatic heterocycles. The van der Waals surface area contributed by atoms with E-state index in [-0.39, 0.29) is 11.8 Å². The first-order chi connectivity index (χ1) is 32.9. The van der Waals surface area contributed by atoms with E-state index < -0.39 is 50.4 Å². The summed E-state index contributed by atoms with van der Waals surface area (Å²) in [5, 5.41) is 0. The molecule has 3 aromatic heterocycles. The molecule has 2 aliphatic rings. The fourth-order valence-corrected chi connectivity index (χ4v) is 38.7. The van der Waals surface area contributed by atoms with Crippen LogP contribution in [0.1, 0.15) is 136 Å². The summed E-state index contributed by atoms with van der Waals surface area (Å²) in [6.07, 6.45) is 13.0. The number of hydrogen-bond donors (Lipinski definition) is 0. The van der Waals surface area contributed by atoms with E-state index in [2.05, 4.69) is 156 Å². The largest absolute Gasteiger partial charge is 0.437 e. The Bertz CT molecular complexity index is 2280. The summed E-state index contributed by atoms with van der Waals surface area (Å²) < 4.78 is 27.1. The van der Waals surface area contributed by atoms with E-state index in [4.69, 9.17) is 16.5 Å². The minimum Gasteiger partial charge on any atom is -0.437 e. The van der Waals surface area contributed by atoms with E-state index >= 15 is 9.59 Å². The van der Waals surface area contributed by atoms with Gasteiger partial charge in [-0.3, -0.25) is 9.59 Å². The number of nitrogens with zero attached hydrogens (tertiary/aromatic N) is 2. The van der Waals surface area contributed by atoms with Gasteiger partial charge in [-0.15, -0.1) is 34.0 Å². The molecule has 0 saturated carbocycles. The highest BCUT2D eigenvalue weighted by molar-refractivity contribution is 7.22. The van der Waals surface area contributed by atoms with Crippen LogP contribution in [0, 0.1) is 0 Å². The van der Waals surface area contributed by atoms with Crippen LogP contribution in [0.5, 0.6) is 0 Å². The van der Waals surface area contributed by atoms with E-state index in [0.29, 0.717) is 36.1 Å². The number of fused-ring (bicyclic) bond motifs is 1. The first-order valence-corrected chi connectivity index (χ1v) is 48.2. The van der Waals surface area contributed by atoms with Gasteiger partial charge in [0.1, 0.15) is 0 Å². The normalized spacial score (nSPS) is 15.6. The molecule has 5 heterocycles. The number of hydrogen-bond acceptors (Lipinski definition) is 9. The predicted octanol–water partition coefficient (Wildman–Crippen LogP) is 17.8. The molecule has 0 spiro atoms. The van der Waals surface area contributed by atoms with Gasteiger partial charge in [0.15, 0.2) is 33.3 Å². The third-order valence-electron chi connectivity index (χ3n) is 12.5. The minimum atomic E-state index is -2.24. The van der Waals surface area contributed by atoms with Gasteiger partial charge in [0, 0.05) is 32.6 Å². The number of carbonyl (C=O) groups is 2. The van der Waals surface area contributed by atoms with Crippen LogP contribution in [0.4, 0.5) is 0 Å². The number of amides is 2. The van der Waals surface area contributed by atoms with Crippen LogP contribution < -0.4 is 0 Å². The Morgan fingerprint density at radius 3 is 1.03 bits per heavy atom. The molecule has 0 unspecified atom stereocenters. The van der Waals surface area contributed by atoms with Crippen LogP contribution in [0.15, 0.2) is 47.5 Å². The molecule has 0 bridgehead atoms. The maximum Gasteiger partial charge on any atom is 0.314 e. The topological polar surface area (TPSA) is 77.5 Å². The number of thiophene rings is 3. The molecule has 17 heteroatoms. The van der Waals surface area contributed by atoms with Crippen LogP contribution in [-0.2, 0) is 26.0 Å². The van der Waals surface area contributed by atoms with Gasteiger partial charge < -0.3 is 26.3 Å². The van der Waals surface area contributed by atoms with Crippen LogP contribution in [0.25, 0.3) is 21.1 Å². The van der Waals surface area contributed by atoms with Crippen molar-refractivity contribution in [3.63, 3.8) is 0 Å². The van der Waals surface area contributed by atoms with Crippen LogP contribution in [0.2, 0.25) is 104 Å². The molecule has 0 aliphatic carbocycles. The molecule has 3 aromatic rings. The van der Waals surface area contributed by atoms with Gasteiger partial charge in [0.05, 0.1) is 32.3 Å². The molecule has 0 fully saturated rings. The average molecular weight is 1130 g/mol. The predicted molar refractivity (Wildman–Crippen MR) is 323 cm³/mol. The van der Waals surface area contributed by atoms with E-state index in [1.54, 1.807) is 22.7 Å². The van der Waals surface area contributed by atoms with Gasteiger partial charge >= 0.3 is 17.1 Å². The third kappa shape index (κ3) is 18.1. The molecule has 5 rings (SSSR count). The molecule has 0 radical (unpaired) electrons. The van der Waals surface area contributed by atoms with Crippen molar-refractivity contribution in [3.8, 4) is 9.75 Å². The van der Waals surface area contributed by atoms with E-state index in [1.165, 1.54) is 19.5 Å². The lowest BCUT2D eigenvalue weighted by Gasteiger charge is -2.38. The second-order valence-electron chi connectivity index (χ2n) is 25.1. The Kier molecular flexibility index (Phi) is 21.5. The minimum absolute atomic E-state index is 0.0191. The monoisotopic (exact) mass is 1130 g/mol. The number of rotatable bonds is 31. The Balaban J connectivity index is 1.32. The lowest BCUT2D eigenvalue weighted by atomic mass is 10.1. The summed E-state index contributed by atoms with van der Waals surface area (Å²) in [5.41, 5.74) is 2.85. The van der Waals surface area contributed by atoms with Crippen LogP contribution in [-0.4, -0.2) is 85.1 Å². The molecule has 0 N–H and O–H groups in total. The molecule has 398 valence electrons. The van der Waals surface area contributed by atoms with Crippen molar-refractivity contribution in [1.82, 2.24) is 9.80 Å². The highest BCUT2D eigenvalue weighted by Crippen LogP contribution is 2.50. The van der Waals surface area contributed by atoms with Crippen molar-refractivity contribution >= 4 is 108 Å². The lowest BCUT2D eigenvalue weighted by Crippen LogP contribution is -2.52. The van der Waals surface area contributed by atoms with Crippen molar-refractivity contribution < 1.29 is 26.0 Å². The Hall–Kier alpha value is -1.34. The zero-order valence-corrected chi connectivity index (χ0v) is 56.0. The third-order valence-corrected chi connectivity index (χ3v) is 35.8. The fourth-order valence-electron chi connectivity index (χ4n) is 10.2. The molecule has 0 saturated heterocycles. The lowest BCUT2D eigenvalue weighted by molar-refractivity contribution is -0.124. The molecule has 71 heavy (non-hydrogen) atoms. The van der Waals surface area contributed by atoms with Crippen molar-refractivity contribution in [2.24, 2.45) is 0 Å². The van der Waals surface area contributed by atoms with Crippen molar-refractivity contribution in [1.29, 1.82) is 0 Å². The standard InChI is InChI=1S/C54H94N2O6S3Si6/c1-41(2)43-31-33-45(63-43)46-34-36-48(65-46)52-50-49(53(57)56(52)38-28-24-20-22-26-30-40-71(18,61-68(11,12)13)62-69(14,15)16)51(47-35-32-44(64-47)42(3)4)55(54(50)58)37-27-23-19-21-25-29-39-70(17,59-66(5,6)7)60-67(8,9)10/h31-36,41-42H,19-30,37-40H2,1-18H3. The second kappa shape index (κ2) is 25.2. The fraction of sp³-hybridized carbons (Fsp3) is 0.667. The Morgan fingerprint density at radius 2 is 0.676 bits per heavy atom. The van der Waals surface area contributed by atoms with Crippen molar-refractivity contribution in [3.05, 3.63) is 67.1 Å². The van der Waals surface area contributed by atoms with Crippen LogP contribution >= 0.6 is 34.0 Å². The Labute approximate surface area is 450 Å². The molecule has 8 nitrogen and oxygen atoms in total. The summed E-state index contributed by atoms with van der Waals surface area (Å²) in [4.78, 5) is 41.4.